The zero-order valence-corrected chi connectivity index (χ0v) is 24.3. The zero-order chi connectivity index (χ0) is 29.5. The Labute approximate surface area is 249 Å². The van der Waals surface area contributed by atoms with Gasteiger partial charge in [0.25, 0.3) is 5.91 Å². The molecule has 218 valence electrons. The molecular formula is C31H32ClN5O5. The van der Waals surface area contributed by atoms with E-state index >= 15 is 0 Å². The maximum atomic E-state index is 13.5. The average molecular weight is 590 g/mol. The Hall–Kier alpha value is -4.57. The van der Waals surface area contributed by atoms with Crippen LogP contribution in [0.15, 0.2) is 77.4 Å². The molecule has 2 aromatic carbocycles. The molecule has 5 rings (SSSR count). The molecule has 0 atom stereocenters. The first-order valence-corrected chi connectivity index (χ1v) is 14.0. The Morgan fingerprint density at radius 2 is 1.76 bits per heavy atom. The normalized spacial score (nSPS) is 13.4. The summed E-state index contributed by atoms with van der Waals surface area (Å²) >= 11 is 6.30. The largest absolute Gasteiger partial charge is 0.493 e. The number of carbonyl (C=O) groups is 2. The van der Waals surface area contributed by atoms with Crippen LogP contribution in [0.3, 0.4) is 0 Å². The van der Waals surface area contributed by atoms with Crippen molar-refractivity contribution < 1.29 is 23.5 Å². The van der Waals surface area contributed by atoms with E-state index in [0.717, 1.165) is 24.3 Å². The van der Waals surface area contributed by atoms with Gasteiger partial charge in [-0.25, -0.2) is 0 Å². The highest BCUT2D eigenvalue weighted by Crippen LogP contribution is 2.31. The van der Waals surface area contributed by atoms with Crippen LogP contribution in [0.2, 0.25) is 5.02 Å². The molecule has 11 heteroatoms. The number of nitrogens with zero attached hydrogens (tertiary/aromatic N) is 5. The molecule has 4 aromatic rings. The first-order valence-electron chi connectivity index (χ1n) is 13.6. The lowest BCUT2D eigenvalue weighted by atomic mass is 10.1. The Morgan fingerprint density at radius 3 is 2.48 bits per heavy atom. The van der Waals surface area contributed by atoms with E-state index in [1.165, 1.54) is 4.90 Å². The molecular weight excluding hydrogens is 558 g/mol. The quantitative estimate of drug-likeness (QED) is 0.275. The molecule has 0 spiro atoms. The van der Waals surface area contributed by atoms with Gasteiger partial charge in [0.05, 0.1) is 43.3 Å². The third-order valence-electron chi connectivity index (χ3n) is 7.15. The number of ether oxygens (including phenoxy) is 2. The fraction of sp³-hybridized carbons (Fsp3) is 0.290. The number of benzene rings is 2. The van der Waals surface area contributed by atoms with Gasteiger partial charge in [-0.1, -0.05) is 23.7 Å². The van der Waals surface area contributed by atoms with Gasteiger partial charge in [-0.05, 0) is 61.0 Å². The molecule has 42 heavy (non-hydrogen) atoms. The van der Waals surface area contributed by atoms with Crippen LogP contribution < -0.4 is 14.4 Å². The number of methoxy groups -OCH3 is 2. The minimum Gasteiger partial charge on any atom is -0.493 e. The van der Waals surface area contributed by atoms with Crippen molar-refractivity contribution in [3.8, 4) is 22.8 Å². The number of aromatic nitrogens is 2. The van der Waals surface area contributed by atoms with Gasteiger partial charge in [0.1, 0.15) is 12.3 Å². The van der Waals surface area contributed by atoms with Crippen LogP contribution in [-0.2, 0) is 11.3 Å². The van der Waals surface area contributed by atoms with E-state index in [2.05, 4.69) is 15.1 Å². The molecule has 1 saturated heterocycles. The third kappa shape index (κ3) is 6.66. The second-order valence-corrected chi connectivity index (χ2v) is 10.2. The summed E-state index contributed by atoms with van der Waals surface area (Å²) < 4.78 is 16.2. The van der Waals surface area contributed by atoms with Crippen molar-refractivity contribution in [1.82, 2.24) is 20.0 Å². The fourth-order valence-electron chi connectivity index (χ4n) is 4.90. The van der Waals surface area contributed by atoms with E-state index in [0.29, 0.717) is 53.2 Å². The topological polar surface area (TPSA) is 101 Å². The van der Waals surface area contributed by atoms with Crippen LogP contribution in [0.4, 0.5) is 5.82 Å². The van der Waals surface area contributed by atoms with Gasteiger partial charge in [0.15, 0.2) is 17.3 Å². The lowest BCUT2D eigenvalue weighted by molar-refractivity contribution is -0.131. The molecule has 0 bridgehead atoms. The van der Waals surface area contributed by atoms with Crippen LogP contribution in [0.25, 0.3) is 11.3 Å². The number of hydrogen-bond acceptors (Lipinski definition) is 8. The zero-order valence-electron chi connectivity index (χ0n) is 23.5. The van der Waals surface area contributed by atoms with Crippen molar-refractivity contribution in [3.63, 3.8) is 0 Å². The van der Waals surface area contributed by atoms with Crippen LogP contribution in [0.1, 0.15) is 22.5 Å². The molecule has 1 aliphatic heterocycles. The van der Waals surface area contributed by atoms with Crippen molar-refractivity contribution in [2.45, 2.75) is 13.0 Å². The first-order chi connectivity index (χ1) is 20.5. The predicted molar refractivity (Wildman–Crippen MR) is 159 cm³/mol. The van der Waals surface area contributed by atoms with Gasteiger partial charge < -0.3 is 28.6 Å². The monoisotopic (exact) mass is 589 g/mol. The van der Waals surface area contributed by atoms with Gasteiger partial charge in [-0.15, -0.1) is 10.2 Å². The fourth-order valence-corrected chi connectivity index (χ4v) is 5.11. The van der Waals surface area contributed by atoms with Crippen LogP contribution in [-0.4, -0.2) is 78.8 Å². The Bertz CT molecular complexity index is 1510. The van der Waals surface area contributed by atoms with Crippen molar-refractivity contribution in [2.75, 3.05) is 51.8 Å². The second kappa shape index (κ2) is 13.4. The SMILES string of the molecule is COc1ccc(-c2ccc(N3CCCN(C(=O)CN(Cc4ccco4)C(=O)c4ccccc4Cl)CC3)nn2)cc1OC. The van der Waals surface area contributed by atoms with Crippen LogP contribution >= 0.6 is 11.6 Å². The summed E-state index contributed by atoms with van der Waals surface area (Å²) in [4.78, 5) is 32.2. The Balaban J connectivity index is 1.24. The highest BCUT2D eigenvalue weighted by molar-refractivity contribution is 6.33. The minimum atomic E-state index is -0.327. The molecule has 2 amide bonds. The van der Waals surface area contributed by atoms with E-state index in [4.69, 9.17) is 25.5 Å². The first kappa shape index (κ1) is 28.9. The Kier molecular flexibility index (Phi) is 9.23. The summed E-state index contributed by atoms with van der Waals surface area (Å²) in [5.41, 5.74) is 1.92. The molecule has 2 aromatic heterocycles. The molecule has 0 radical (unpaired) electrons. The van der Waals surface area contributed by atoms with Crippen molar-refractivity contribution in [2.24, 2.45) is 0 Å². The number of furan rings is 1. The highest BCUT2D eigenvalue weighted by atomic mass is 35.5. The predicted octanol–water partition coefficient (Wildman–Crippen LogP) is 4.79. The van der Waals surface area contributed by atoms with Crippen LogP contribution in [0, 0.1) is 0 Å². The molecule has 10 nitrogen and oxygen atoms in total. The van der Waals surface area contributed by atoms with Gasteiger partial charge >= 0.3 is 0 Å². The lowest BCUT2D eigenvalue weighted by Gasteiger charge is -2.27. The smallest absolute Gasteiger partial charge is 0.256 e. The maximum absolute atomic E-state index is 13.5. The summed E-state index contributed by atoms with van der Waals surface area (Å²) in [7, 11) is 3.19. The van der Waals surface area contributed by atoms with Crippen LogP contribution in [0.5, 0.6) is 11.5 Å². The minimum absolute atomic E-state index is 0.0927. The number of hydrogen-bond donors (Lipinski definition) is 0. The number of carbonyl (C=O) groups excluding carboxylic acids is 2. The number of anilines is 1. The van der Waals surface area contributed by atoms with Gasteiger partial charge in [0, 0.05) is 31.7 Å². The standard InChI is InChI=1S/C31H32ClN5O5/c1-40-27-12-10-22(19-28(27)41-2)26-11-13-29(34-33-26)35-14-6-15-36(17-16-35)30(38)21-37(20-23-7-5-18-42-23)31(39)24-8-3-4-9-25(24)32/h3-5,7-13,18-19H,6,14-17,20-21H2,1-2H3. The lowest BCUT2D eigenvalue weighted by Crippen LogP contribution is -2.44. The van der Waals surface area contributed by atoms with Gasteiger partial charge in [-0.2, -0.15) is 0 Å². The number of halogens is 1. The molecule has 0 unspecified atom stereocenters. The second-order valence-electron chi connectivity index (χ2n) is 9.79. The van der Waals surface area contributed by atoms with E-state index in [9.17, 15) is 9.59 Å². The number of amides is 2. The van der Waals surface area contributed by atoms with Gasteiger partial charge in [0.2, 0.25) is 5.91 Å². The number of rotatable bonds is 9. The van der Waals surface area contributed by atoms with E-state index in [-0.39, 0.29) is 24.9 Å². The maximum Gasteiger partial charge on any atom is 0.256 e. The molecule has 1 fully saturated rings. The van der Waals surface area contributed by atoms with E-state index < -0.39 is 0 Å². The molecule has 0 aliphatic carbocycles. The summed E-state index contributed by atoms with van der Waals surface area (Å²) in [5.74, 6) is 2.12. The molecule has 1 aliphatic rings. The van der Waals surface area contributed by atoms with E-state index in [1.54, 1.807) is 61.8 Å². The molecule has 0 N–H and O–H groups in total. The summed E-state index contributed by atoms with van der Waals surface area (Å²) in [5, 5.41) is 9.24. The Morgan fingerprint density at radius 1 is 0.929 bits per heavy atom. The average Bonchev–Trinajstić information content (AvgIpc) is 3.41. The summed E-state index contributed by atoms with van der Waals surface area (Å²) in [6.45, 7) is 2.44. The molecule has 0 saturated carbocycles. The molecule has 3 heterocycles. The summed E-state index contributed by atoms with van der Waals surface area (Å²) in [6, 6.07) is 19.8. The van der Waals surface area contributed by atoms with Crippen molar-refractivity contribution >= 4 is 29.2 Å². The third-order valence-corrected chi connectivity index (χ3v) is 7.48. The van der Waals surface area contributed by atoms with Crippen molar-refractivity contribution in [1.29, 1.82) is 0 Å². The van der Waals surface area contributed by atoms with E-state index in [1.807, 2.05) is 30.3 Å². The highest BCUT2D eigenvalue weighted by Gasteiger charge is 2.26. The van der Waals surface area contributed by atoms with Gasteiger partial charge in [-0.3, -0.25) is 9.59 Å². The van der Waals surface area contributed by atoms with Crippen molar-refractivity contribution in [3.05, 3.63) is 89.3 Å². The summed E-state index contributed by atoms with van der Waals surface area (Å²) in [6.07, 6.45) is 2.30.